The van der Waals surface area contributed by atoms with Gasteiger partial charge >= 0.3 is 0 Å². The van der Waals surface area contributed by atoms with Crippen molar-refractivity contribution in [3.63, 3.8) is 0 Å². The topological polar surface area (TPSA) is 32.3 Å². The lowest BCUT2D eigenvalue weighted by Gasteiger charge is -2.22. The van der Waals surface area contributed by atoms with Gasteiger partial charge in [-0.25, -0.2) is 5.01 Å². The fourth-order valence-corrected chi connectivity index (χ4v) is 1.88. The molecule has 1 N–H and O–H groups in total. The van der Waals surface area contributed by atoms with E-state index in [-0.39, 0.29) is 5.91 Å². The fraction of sp³-hybridized carbons (Fsp3) is 0.800. The molecule has 0 atom stereocenters. The number of nitrogens with one attached hydrogen (secondary N) is 1. The highest BCUT2D eigenvalue weighted by atomic mass is 16.2. The Morgan fingerprint density at radius 1 is 1.00 bits per heavy atom. The molecule has 3 nitrogen and oxygen atoms in total. The van der Waals surface area contributed by atoms with Gasteiger partial charge in [0.15, 0.2) is 0 Å². The van der Waals surface area contributed by atoms with Gasteiger partial charge in [-0.3, -0.25) is 10.2 Å². The van der Waals surface area contributed by atoms with E-state index in [0.717, 1.165) is 25.9 Å². The van der Waals surface area contributed by atoms with Crippen LogP contribution in [0.15, 0.2) is 12.7 Å². The van der Waals surface area contributed by atoms with Gasteiger partial charge < -0.3 is 0 Å². The second-order valence-corrected chi connectivity index (χ2v) is 4.79. The van der Waals surface area contributed by atoms with Crippen LogP contribution in [0.4, 0.5) is 0 Å². The smallest absolute Gasteiger partial charge is 0.257 e. The predicted octanol–water partition coefficient (Wildman–Crippen LogP) is 3.67. The summed E-state index contributed by atoms with van der Waals surface area (Å²) in [6.07, 6.45) is 11.2. The monoisotopic (exact) mass is 254 g/mol. The molecule has 0 saturated carbocycles. The minimum atomic E-state index is -0.0963. The number of amides is 1. The van der Waals surface area contributed by atoms with Gasteiger partial charge in [-0.2, -0.15) is 0 Å². The molecule has 3 heteroatoms. The summed E-state index contributed by atoms with van der Waals surface area (Å²) in [4.78, 5) is 11.3. The van der Waals surface area contributed by atoms with E-state index in [2.05, 4.69) is 30.9 Å². The first kappa shape index (κ1) is 17.2. The van der Waals surface area contributed by atoms with Crippen molar-refractivity contribution >= 4 is 5.91 Å². The van der Waals surface area contributed by atoms with Gasteiger partial charge in [-0.05, 0) is 18.9 Å². The molecular weight excluding hydrogens is 224 g/mol. The molecule has 106 valence electrons. The van der Waals surface area contributed by atoms with Gasteiger partial charge in [0, 0.05) is 13.1 Å². The highest BCUT2D eigenvalue weighted by Gasteiger charge is 2.06. The third-order valence-corrected chi connectivity index (χ3v) is 3.02. The van der Waals surface area contributed by atoms with Crippen LogP contribution in [0.2, 0.25) is 0 Å². The van der Waals surface area contributed by atoms with Gasteiger partial charge in [0.1, 0.15) is 0 Å². The Morgan fingerprint density at radius 2 is 1.50 bits per heavy atom. The van der Waals surface area contributed by atoms with Gasteiger partial charge in [0.05, 0.1) is 0 Å². The molecule has 0 aliphatic heterocycles. The van der Waals surface area contributed by atoms with Crippen molar-refractivity contribution in [1.82, 2.24) is 10.4 Å². The maximum Gasteiger partial charge on any atom is 0.257 e. The van der Waals surface area contributed by atoms with Crippen LogP contribution < -0.4 is 5.43 Å². The van der Waals surface area contributed by atoms with Crippen molar-refractivity contribution in [3.05, 3.63) is 12.7 Å². The van der Waals surface area contributed by atoms with Crippen LogP contribution in [0.1, 0.15) is 65.2 Å². The molecule has 1 amide bonds. The Hall–Kier alpha value is -0.830. The molecule has 0 spiro atoms. The lowest BCUT2D eigenvalue weighted by atomic mass is 10.2. The lowest BCUT2D eigenvalue weighted by Crippen LogP contribution is -2.42. The molecule has 0 unspecified atom stereocenters. The van der Waals surface area contributed by atoms with Crippen LogP contribution in [0.5, 0.6) is 0 Å². The van der Waals surface area contributed by atoms with Crippen LogP contribution in [-0.4, -0.2) is 24.0 Å². The second-order valence-electron chi connectivity index (χ2n) is 4.79. The Labute approximate surface area is 113 Å². The molecular formula is C15H30N2O. The summed E-state index contributed by atoms with van der Waals surface area (Å²) in [6, 6.07) is 0. The summed E-state index contributed by atoms with van der Waals surface area (Å²) >= 11 is 0. The normalized spacial score (nSPS) is 10.6. The predicted molar refractivity (Wildman–Crippen MR) is 78.2 cm³/mol. The first-order chi connectivity index (χ1) is 8.74. The number of rotatable bonds is 12. The number of carbonyl (C=O) groups is 1. The van der Waals surface area contributed by atoms with E-state index < -0.39 is 0 Å². The van der Waals surface area contributed by atoms with E-state index in [1.807, 2.05) is 0 Å². The van der Waals surface area contributed by atoms with Crippen LogP contribution in [-0.2, 0) is 4.79 Å². The average Bonchev–Trinajstić information content (AvgIpc) is 2.39. The molecule has 0 aromatic heterocycles. The molecule has 0 aromatic rings. The summed E-state index contributed by atoms with van der Waals surface area (Å²) < 4.78 is 0. The standard InChI is InChI=1S/C15H30N2O/c1-4-7-9-11-13-17(16-15(18)6-3)14-12-10-8-5-2/h6H,3-5,7-14H2,1-2H3,(H,16,18). The molecule has 0 bridgehead atoms. The third kappa shape index (κ3) is 10.3. The van der Waals surface area contributed by atoms with Crippen LogP contribution in [0, 0.1) is 0 Å². The van der Waals surface area contributed by atoms with Gasteiger partial charge in [-0.15, -0.1) is 0 Å². The summed E-state index contributed by atoms with van der Waals surface area (Å²) in [6.45, 7) is 9.82. The maximum absolute atomic E-state index is 11.3. The SMILES string of the molecule is C=CC(=O)NN(CCCCCC)CCCCCC. The molecule has 0 fully saturated rings. The van der Waals surface area contributed by atoms with E-state index >= 15 is 0 Å². The number of hydrazine groups is 1. The Kier molecular flexibility index (Phi) is 12.0. The number of carbonyl (C=O) groups excluding carboxylic acids is 1. The van der Waals surface area contributed by atoms with Crippen LogP contribution in [0.25, 0.3) is 0 Å². The molecule has 0 aliphatic carbocycles. The molecule has 18 heavy (non-hydrogen) atoms. The molecule has 0 rings (SSSR count). The fourth-order valence-electron chi connectivity index (χ4n) is 1.88. The van der Waals surface area contributed by atoms with E-state index in [0.29, 0.717) is 0 Å². The summed E-state index contributed by atoms with van der Waals surface area (Å²) in [7, 11) is 0. The zero-order valence-electron chi connectivity index (χ0n) is 12.2. The Morgan fingerprint density at radius 3 is 1.89 bits per heavy atom. The quantitative estimate of drug-likeness (QED) is 0.327. The summed E-state index contributed by atoms with van der Waals surface area (Å²) in [5.41, 5.74) is 2.90. The first-order valence-electron chi connectivity index (χ1n) is 7.42. The summed E-state index contributed by atoms with van der Waals surface area (Å²) in [5, 5.41) is 2.05. The first-order valence-corrected chi connectivity index (χ1v) is 7.42. The highest BCUT2D eigenvalue weighted by molar-refractivity contribution is 5.86. The van der Waals surface area contributed by atoms with Crippen LogP contribution in [0.3, 0.4) is 0 Å². The van der Waals surface area contributed by atoms with Crippen molar-refractivity contribution in [2.24, 2.45) is 0 Å². The third-order valence-electron chi connectivity index (χ3n) is 3.02. The van der Waals surface area contributed by atoms with Crippen molar-refractivity contribution in [1.29, 1.82) is 0 Å². The van der Waals surface area contributed by atoms with Gasteiger partial charge in [0.25, 0.3) is 5.91 Å². The van der Waals surface area contributed by atoms with E-state index in [1.165, 1.54) is 44.6 Å². The molecule has 0 saturated heterocycles. The largest absolute Gasteiger partial charge is 0.285 e. The minimum absolute atomic E-state index is 0.0963. The number of hydrogen-bond donors (Lipinski definition) is 1. The molecule has 0 aromatic carbocycles. The van der Waals surface area contributed by atoms with E-state index in [4.69, 9.17) is 0 Å². The van der Waals surface area contributed by atoms with Crippen molar-refractivity contribution in [3.8, 4) is 0 Å². The Balaban J connectivity index is 3.84. The Bertz CT molecular complexity index is 205. The average molecular weight is 254 g/mol. The molecule has 0 radical (unpaired) electrons. The zero-order valence-corrected chi connectivity index (χ0v) is 12.2. The van der Waals surface area contributed by atoms with Gasteiger partial charge in [-0.1, -0.05) is 59.0 Å². The molecule has 0 heterocycles. The van der Waals surface area contributed by atoms with E-state index in [9.17, 15) is 4.79 Å². The van der Waals surface area contributed by atoms with Crippen molar-refractivity contribution < 1.29 is 4.79 Å². The zero-order chi connectivity index (χ0) is 13.6. The second kappa shape index (κ2) is 12.6. The molecule has 0 aliphatic rings. The minimum Gasteiger partial charge on any atom is -0.285 e. The number of unbranched alkanes of at least 4 members (excludes halogenated alkanes) is 6. The van der Waals surface area contributed by atoms with Crippen molar-refractivity contribution in [2.75, 3.05) is 13.1 Å². The van der Waals surface area contributed by atoms with Gasteiger partial charge in [0.2, 0.25) is 0 Å². The van der Waals surface area contributed by atoms with E-state index in [1.54, 1.807) is 0 Å². The van der Waals surface area contributed by atoms with Crippen LogP contribution >= 0.6 is 0 Å². The lowest BCUT2D eigenvalue weighted by molar-refractivity contribution is -0.121. The highest BCUT2D eigenvalue weighted by Crippen LogP contribution is 2.03. The number of hydrogen-bond acceptors (Lipinski definition) is 2. The van der Waals surface area contributed by atoms with Crippen molar-refractivity contribution in [2.45, 2.75) is 65.2 Å². The summed E-state index contributed by atoms with van der Waals surface area (Å²) in [5.74, 6) is -0.0963. The maximum atomic E-state index is 11.3. The number of nitrogens with zero attached hydrogens (tertiary/aromatic N) is 1.